The highest BCUT2D eigenvalue weighted by Crippen LogP contribution is 2.29. The van der Waals surface area contributed by atoms with Crippen LogP contribution in [-0.4, -0.2) is 36.5 Å². The smallest absolute Gasteiger partial charge is 0.269 e. The fourth-order valence-electron chi connectivity index (χ4n) is 2.72. The Labute approximate surface area is 170 Å². The lowest BCUT2D eigenvalue weighted by molar-refractivity contribution is -0.384. The first-order chi connectivity index (χ1) is 13.9. The molecule has 0 aromatic heterocycles. The third kappa shape index (κ3) is 5.81. The van der Waals surface area contributed by atoms with Gasteiger partial charge in [0, 0.05) is 25.3 Å². The lowest BCUT2D eigenvalue weighted by Crippen LogP contribution is -2.28. The molecule has 0 unspecified atom stereocenters. The Kier molecular flexibility index (Phi) is 7.77. The minimum atomic E-state index is -0.445. The average molecular weight is 398 g/mol. The number of amides is 1. The molecule has 2 rings (SSSR count). The molecule has 0 heterocycles. The maximum Gasteiger partial charge on any atom is 0.269 e. The Hall–Kier alpha value is -3.35. The maximum absolute atomic E-state index is 12.6. The van der Waals surface area contributed by atoms with E-state index in [4.69, 9.17) is 9.47 Å². The molecule has 2 aromatic rings. The first kappa shape index (κ1) is 21.9. The van der Waals surface area contributed by atoms with Gasteiger partial charge in [-0.15, -0.1) is 0 Å². The summed E-state index contributed by atoms with van der Waals surface area (Å²) < 4.78 is 11.0. The number of carbonyl (C=O) groups is 1. The highest BCUT2D eigenvalue weighted by molar-refractivity contribution is 5.92. The highest BCUT2D eigenvalue weighted by Gasteiger charge is 2.17. The van der Waals surface area contributed by atoms with E-state index < -0.39 is 4.92 Å². The molecule has 1 amide bonds. The van der Waals surface area contributed by atoms with Crippen LogP contribution >= 0.6 is 0 Å². The Balaban J connectivity index is 2.11. The van der Waals surface area contributed by atoms with Gasteiger partial charge in [0.2, 0.25) is 5.91 Å². The lowest BCUT2D eigenvalue weighted by atomic mass is 10.1. The van der Waals surface area contributed by atoms with Crippen LogP contribution in [0.5, 0.6) is 11.5 Å². The van der Waals surface area contributed by atoms with E-state index in [1.807, 2.05) is 26.0 Å². The van der Waals surface area contributed by atoms with Gasteiger partial charge in [0.15, 0.2) is 11.5 Å². The van der Waals surface area contributed by atoms with Crippen molar-refractivity contribution in [3.8, 4) is 11.5 Å². The van der Waals surface area contributed by atoms with Crippen molar-refractivity contribution in [2.45, 2.75) is 26.3 Å². The summed E-state index contributed by atoms with van der Waals surface area (Å²) in [6, 6.07) is 11.5. The number of carbonyl (C=O) groups excluding carboxylic acids is 1. The van der Waals surface area contributed by atoms with Crippen molar-refractivity contribution in [2.75, 3.05) is 20.8 Å². The summed E-state index contributed by atoms with van der Waals surface area (Å²) in [6.07, 6.45) is 4.06. The van der Waals surface area contributed by atoms with Crippen molar-refractivity contribution in [3.63, 3.8) is 0 Å². The SMILES string of the molecule is CCCOc1ccc(/C=C/C(=O)N(C)[C@@H](C)c2cccc([N+](=O)[O-])c2)cc1OC. The second-order valence-corrected chi connectivity index (χ2v) is 6.57. The van der Waals surface area contributed by atoms with Gasteiger partial charge in [-0.3, -0.25) is 14.9 Å². The van der Waals surface area contributed by atoms with Gasteiger partial charge in [0.05, 0.1) is 24.7 Å². The van der Waals surface area contributed by atoms with Gasteiger partial charge in [-0.2, -0.15) is 0 Å². The number of non-ortho nitro benzene ring substituents is 1. The Morgan fingerprint density at radius 1 is 1.24 bits per heavy atom. The third-order valence-electron chi connectivity index (χ3n) is 4.56. The Morgan fingerprint density at radius 2 is 2.00 bits per heavy atom. The van der Waals surface area contributed by atoms with Crippen LogP contribution in [0.1, 0.15) is 37.4 Å². The molecule has 0 aliphatic heterocycles. The van der Waals surface area contributed by atoms with Crippen molar-refractivity contribution in [1.82, 2.24) is 4.90 Å². The van der Waals surface area contributed by atoms with Crippen LogP contribution < -0.4 is 9.47 Å². The number of nitro benzene ring substituents is 1. The molecule has 0 spiro atoms. The van der Waals surface area contributed by atoms with E-state index >= 15 is 0 Å². The molecule has 0 aliphatic rings. The molecule has 0 saturated heterocycles. The summed E-state index contributed by atoms with van der Waals surface area (Å²) in [6.45, 7) is 4.46. The molecule has 1 atom stereocenters. The van der Waals surface area contributed by atoms with E-state index in [9.17, 15) is 14.9 Å². The van der Waals surface area contributed by atoms with E-state index in [0.717, 1.165) is 12.0 Å². The van der Waals surface area contributed by atoms with Crippen LogP contribution in [0, 0.1) is 10.1 Å². The Bertz CT molecular complexity index is 895. The number of nitrogens with zero attached hydrogens (tertiary/aromatic N) is 2. The summed E-state index contributed by atoms with van der Waals surface area (Å²) in [5, 5.41) is 11.0. The number of ether oxygens (including phenoxy) is 2. The van der Waals surface area contributed by atoms with Gasteiger partial charge in [0.25, 0.3) is 5.69 Å². The van der Waals surface area contributed by atoms with Gasteiger partial charge in [0.1, 0.15) is 0 Å². The van der Waals surface area contributed by atoms with Crippen LogP contribution in [0.2, 0.25) is 0 Å². The standard InChI is InChI=1S/C22H26N2O5/c1-5-13-29-20-11-9-17(14-21(20)28-4)10-12-22(25)23(3)16(2)18-7-6-8-19(15-18)24(26)27/h6-12,14-16H,5,13H2,1-4H3/b12-10+/t16-/m0/s1. The van der Waals surface area contributed by atoms with Crippen LogP contribution in [0.15, 0.2) is 48.5 Å². The van der Waals surface area contributed by atoms with Crippen molar-refractivity contribution in [3.05, 3.63) is 69.8 Å². The zero-order valence-corrected chi connectivity index (χ0v) is 17.1. The predicted molar refractivity (Wildman–Crippen MR) is 112 cm³/mol. The predicted octanol–water partition coefficient (Wildman–Crippen LogP) is 4.63. The number of likely N-dealkylation sites (N-methyl/N-ethyl adjacent to an activating group) is 1. The monoisotopic (exact) mass is 398 g/mol. The quantitative estimate of drug-likeness (QED) is 0.350. The van der Waals surface area contributed by atoms with Gasteiger partial charge in [-0.05, 0) is 42.7 Å². The van der Waals surface area contributed by atoms with Crippen molar-refractivity contribution < 1.29 is 19.2 Å². The summed E-state index contributed by atoms with van der Waals surface area (Å²) in [4.78, 5) is 24.6. The molecule has 29 heavy (non-hydrogen) atoms. The molecule has 0 bridgehead atoms. The molecular weight excluding hydrogens is 372 g/mol. The molecule has 0 saturated carbocycles. The molecule has 7 heteroatoms. The molecular formula is C22H26N2O5. The van der Waals surface area contributed by atoms with Crippen LogP contribution in [-0.2, 0) is 4.79 Å². The van der Waals surface area contributed by atoms with Crippen molar-refractivity contribution in [2.24, 2.45) is 0 Å². The normalized spacial score (nSPS) is 11.9. The second kappa shape index (κ2) is 10.3. The van der Waals surface area contributed by atoms with E-state index in [0.29, 0.717) is 23.7 Å². The number of rotatable bonds is 9. The minimum Gasteiger partial charge on any atom is -0.493 e. The summed E-state index contributed by atoms with van der Waals surface area (Å²) in [5.74, 6) is 1.05. The van der Waals surface area contributed by atoms with Crippen LogP contribution in [0.4, 0.5) is 5.69 Å². The second-order valence-electron chi connectivity index (χ2n) is 6.57. The van der Waals surface area contributed by atoms with Crippen LogP contribution in [0.3, 0.4) is 0 Å². The third-order valence-corrected chi connectivity index (χ3v) is 4.56. The lowest BCUT2D eigenvalue weighted by Gasteiger charge is -2.24. The minimum absolute atomic E-state index is 0.00298. The largest absolute Gasteiger partial charge is 0.493 e. The maximum atomic E-state index is 12.6. The van der Waals surface area contributed by atoms with Crippen LogP contribution in [0.25, 0.3) is 6.08 Å². The zero-order chi connectivity index (χ0) is 21.4. The number of nitro groups is 1. The topological polar surface area (TPSA) is 81.9 Å². The fraction of sp³-hybridized carbons (Fsp3) is 0.318. The van der Waals surface area contributed by atoms with E-state index in [1.54, 1.807) is 38.4 Å². The highest BCUT2D eigenvalue weighted by atomic mass is 16.6. The number of benzene rings is 2. The molecule has 7 nitrogen and oxygen atoms in total. The molecule has 0 N–H and O–H groups in total. The average Bonchev–Trinajstić information content (AvgIpc) is 2.75. The van der Waals surface area contributed by atoms with Gasteiger partial charge >= 0.3 is 0 Å². The number of hydrogen-bond donors (Lipinski definition) is 0. The first-order valence-electron chi connectivity index (χ1n) is 9.37. The molecule has 0 radical (unpaired) electrons. The van der Waals surface area contributed by atoms with Crippen molar-refractivity contribution in [1.29, 1.82) is 0 Å². The van der Waals surface area contributed by atoms with Gasteiger partial charge in [-0.25, -0.2) is 0 Å². The molecule has 154 valence electrons. The molecule has 0 aliphatic carbocycles. The zero-order valence-electron chi connectivity index (χ0n) is 17.1. The van der Waals surface area contributed by atoms with Crippen molar-refractivity contribution >= 4 is 17.7 Å². The van der Waals surface area contributed by atoms with E-state index in [2.05, 4.69) is 0 Å². The summed E-state index contributed by atoms with van der Waals surface area (Å²) in [5.41, 5.74) is 1.50. The molecule has 2 aromatic carbocycles. The fourth-order valence-corrected chi connectivity index (χ4v) is 2.72. The van der Waals surface area contributed by atoms with E-state index in [-0.39, 0.29) is 17.6 Å². The first-order valence-corrected chi connectivity index (χ1v) is 9.37. The number of hydrogen-bond acceptors (Lipinski definition) is 5. The summed E-state index contributed by atoms with van der Waals surface area (Å²) in [7, 11) is 3.24. The molecule has 0 fully saturated rings. The van der Waals surface area contributed by atoms with E-state index in [1.165, 1.54) is 23.1 Å². The number of methoxy groups -OCH3 is 1. The van der Waals surface area contributed by atoms with Gasteiger partial charge < -0.3 is 14.4 Å². The Morgan fingerprint density at radius 3 is 2.66 bits per heavy atom. The summed E-state index contributed by atoms with van der Waals surface area (Å²) >= 11 is 0. The van der Waals surface area contributed by atoms with Gasteiger partial charge in [-0.1, -0.05) is 25.1 Å².